The Morgan fingerprint density at radius 3 is 2.20 bits per heavy atom. The highest BCUT2D eigenvalue weighted by atomic mass is 31.2. The number of aliphatic hydroxyl groups excluding tert-OH is 1. The molecule has 0 saturated carbocycles. The van der Waals surface area contributed by atoms with E-state index in [0.717, 1.165) is 0 Å². The fourth-order valence-electron chi connectivity index (χ4n) is 5.50. The summed E-state index contributed by atoms with van der Waals surface area (Å²) in [5, 5.41) is 18.5. The molecule has 0 radical (unpaired) electrons. The maximum Gasteiger partial charge on any atom is 0.524 e. The van der Waals surface area contributed by atoms with Gasteiger partial charge in [-0.3, -0.25) is 38.6 Å². The van der Waals surface area contributed by atoms with E-state index in [4.69, 9.17) is 21.3 Å². The van der Waals surface area contributed by atoms with Crippen LogP contribution in [0.4, 0.5) is 0 Å². The Balaban J connectivity index is 1.78. The number of rotatable bonds is 16. The molecule has 2 aromatic carbocycles. The van der Waals surface area contributed by atoms with Gasteiger partial charge in [0.1, 0.15) is 29.9 Å². The zero-order chi connectivity index (χ0) is 36.6. The highest BCUT2D eigenvalue weighted by Gasteiger charge is 2.39. The van der Waals surface area contributed by atoms with Gasteiger partial charge in [-0.1, -0.05) is 26.0 Å². The lowest BCUT2D eigenvalue weighted by atomic mass is 10.0. The van der Waals surface area contributed by atoms with Crippen molar-refractivity contribution < 1.29 is 52.7 Å². The first-order valence-electron chi connectivity index (χ1n) is 15.6. The van der Waals surface area contributed by atoms with E-state index < -0.39 is 73.5 Å². The van der Waals surface area contributed by atoms with Crippen molar-refractivity contribution in [2.75, 3.05) is 6.54 Å². The van der Waals surface area contributed by atoms with Crippen LogP contribution in [0, 0.1) is 5.92 Å². The normalized spacial score (nSPS) is 17.1. The van der Waals surface area contributed by atoms with E-state index in [1.165, 1.54) is 36.1 Å². The first-order chi connectivity index (χ1) is 22.9. The molecule has 5 atom stereocenters. The summed E-state index contributed by atoms with van der Waals surface area (Å²) in [5.41, 5.74) is 10.7. The van der Waals surface area contributed by atoms with E-state index >= 15 is 0 Å². The Morgan fingerprint density at radius 1 is 0.959 bits per heavy atom. The molecule has 1 saturated heterocycles. The molecular weight excluding hydrogens is 663 g/mol. The first-order valence-corrected chi connectivity index (χ1v) is 17.2. The standard InChI is InChI=1S/C31H43N6O11P/c1-16(2)13-23(35-28(41)20-7-6-19-15-21(48-49(45,46)47)9-8-18(19)14-20)31(44)37-12-4-5-24(37)30(43)34-22(10-11-25(32)39)29(42)36-26(17(3)38)27(33)40/h6-9,14-17,22-24,26,38H,4-5,10-13H2,1-3H3,(H2,32,39)(H2,33,40)(H,34,43)(H,35,41)(H,36,42)(H2,45,46,47)/t17-,22+,23+,24+,26+/m1/s1. The fraction of sp³-hybridized carbons (Fsp3) is 0.484. The largest absolute Gasteiger partial charge is 0.524 e. The minimum Gasteiger partial charge on any atom is -0.404 e. The van der Waals surface area contributed by atoms with E-state index in [2.05, 4.69) is 20.5 Å². The van der Waals surface area contributed by atoms with Gasteiger partial charge >= 0.3 is 7.82 Å². The number of carbonyl (C=O) groups is 6. The van der Waals surface area contributed by atoms with E-state index in [9.17, 15) is 38.4 Å². The Bertz CT molecular complexity index is 1630. The van der Waals surface area contributed by atoms with Crippen molar-refractivity contribution in [3.05, 3.63) is 42.0 Å². The van der Waals surface area contributed by atoms with E-state index in [1.807, 2.05) is 13.8 Å². The number of nitrogens with zero attached hydrogens (tertiary/aromatic N) is 1. The molecule has 0 spiro atoms. The number of hydrogen-bond donors (Lipinski definition) is 8. The van der Waals surface area contributed by atoms with Crippen molar-refractivity contribution in [1.29, 1.82) is 0 Å². The number of nitrogens with one attached hydrogen (secondary N) is 3. The van der Waals surface area contributed by atoms with Crippen LogP contribution in [-0.4, -0.2) is 92.1 Å². The highest BCUT2D eigenvalue weighted by Crippen LogP contribution is 2.38. The Morgan fingerprint density at radius 2 is 1.61 bits per heavy atom. The van der Waals surface area contributed by atoms with Gasteiger partial charge in [0.05, 0.1) is 6.10 Å². The van der Waals surface area contributed by atoms with Gasteiger partial charge in [0, 0.05) is 18.5 Å². The zero-order valence-electron chi connectivity index (χ0n) is 27.3. The molecule has 1 heterocycles. The van der Waals surface area contributed by atoms with Crippen molar-refractivity contribution in [2.45, 2.75) is 83.1 Å². The number of aliphatic hydroxyl groups is 1. The summed E-state index contributed by atoms with van der Waals surface area (Å²) in [6.45, 7) is 5.16. The van der Waals surface area contributed by atoms with Gasteiger partial charge in [-0.15, -0.1) is 0 Å². The number of amides is 6. The lowest BCUT2D eigenvalue weighted by molar-refractivity contribution is -0.141. The second kappa shape index (κ2) is 16.7. The van der Waals surface area contributed by atoms with Gasteiger partial charge in [-0.2, -0.15) is 0 Å². The first kappa shape index (κ1) is 38.9. The molecule has 0 unspecified atom stereocenters. The number of phosphoric acid groups is 1. The summed E-state index contributed by atoms with van der Waals surface area (Å²) < 4.78 is 15.8. The minimum absolute atomic E-state index is 0.0397. The Hall–Kier alpha value is -4.57. The zero-order valence-corrected chi connectivity index (χ0v) is 28.2. The Kier molecular flexibility index (Phi) is 13.2. The summed E-state index contributed by atoms with van der Waals surface area (Å²) in [6.07, 6.45) is -0.920. The summed E-state index contributed by atoms with van der Waals surface area (Å²) >= 11 is 0. The van der Waals surface area contributed by atoms with Crippen LogP contribution >= 0.6 is 7.82 Å². The number of phosphoric ester groups is 1. The molecule has 6 amide bonds. The van der Waals surface area contributed by atoms with Crippen LogP contribution in [0.5, 0.6) is 5.75 Å². The fourth-order valence-corrected chi connectivity index (χ4v) is 5.89. The number of likely N-dealkylation sites (tertiary alicyclic amines) is 1. The van der Waals surface area contributed by atoms with Gasteiger partial charge in [0.15, 0.2) is 0 Å². The third-order valence-corrected chi connectivity index (χ3v) is 8.30. The third kappa shape index (κ3) is 11.2. The predicted molar refractivity (Wildman–Crippen MR) is 175 cm³/mol. The number of primary amides is 2. The second-order valence-electron chi connectivity index (χ2n) is 12.3. The number of carbonyl (C=O) groups excluding carboxylic acids is 6. The van der Waals surface area contributed by atoms with E-state index in [-0.39, 0.29) is 49.5 Å². The van der Waals surface area contributed by atoms with Crippen LogP contribution in [-0.2, 0) is 28.5 Å². The van der Waals surface area contributed by atoms with Crippen molar-refractivity contribution >= 4 is 54.0 Å². The van der Waals surface area contributed by atoms with Crippen molar-refractivity contribution in [2.24, 2.45) is 17.4 Å². The second-order valence-corrected chi connectivity index (χ2v) is 13.5. The van der Waals surface area contributed by atoms with E-state index in [0.29, 0.717) is 17.2 Å². The number of fused-ring (bicyclic) bond motifs is 1. The lowest BCUT2D eigenvalue weighted by Gasteiger charge is -2.30. The van der Waals surface area contributed by atoms with Gasteiger partial charge < -0.3 is 41.9 Å². The van der Waals surface area contributed by atoms with E-state index in [1.54, 1.807) is 12.1 Å². The molecule has 0 bridgehead atoms. The molecular formula is C31H43N6O11P. The van der Waals surface area contributed by atoms with Crippen LogP contribution in [0.15, 0.2) is 36.4 Å². The molecule has 17 nitrogen and oxygen atoms in total. The number of nitrogens with two attached hydrogens (primary N) is 2. The van der Waals surface area contributed by atoms with Crippen LogP contribution in [0.1, 0.15) is 63.2 Å². The molecule has 18 heteroatoms. The number of hydrogen-bond acceptors (Lipinski definition) is 9. The third-order valence-electron chi connectivity index (χ3n) is 7.85. The molecule has 1 aliphatic rings. The molecule has 1 aliphatic heterocycles. The average Bonchev–Trinajstić information content (AvgIpc) is 3.49. The summed E-state index contributed by atoms with van der Waals surface area (Å²) in [6, 6.07) is 4.02. The molecule has 3 rings (SSSR count). The van der Waals surface area contributed by atoms with Crippen molar-refractivity contribution in [1.82, 2.24) is 20.9 Å². The molecule has 2 aromatic rings. The maximum absolute atomic E-state index is 13.9. The summed E-state index contributed by atoms with van der Waals surface area (Å²) in [4.78, 5) is 96.4. The topological polar surface area (TPSA) is 281 Å². The van der Waals surface area contributed by atoms with Crippen molar-refractivity contribution in [3.63, 3.8) is 0 Å². The predicted octanol–water partition coefficient (Wildman–Crippen LogP) is -0.452. The van der Waals surface area contributed by atoms with Gasteiger partial charge in [-0.05, 0) is 73.6 Å². The number of benzene rings is 2. The molecule has 10 N–H and O–H groups in total. The molecule has 1 fully saturated rings. The maximum atomic E-state index is 13.9. The minimum atomic E-state index is -4.76. The smallest absolute Gasteiger partial charge is 0.404 e. The van der Waals surface area contributed by atoms with Crippen LogP contribution in [0.3, 0.4) is 0 Å². The molecule has 49 heavy (non-hydrogen) atoms. The van der Waals surface area contributed by atoms with Gasteiger partial charge in [0.25, 0.3) is 5.91 Å². The van der Waals surface area contributed by atoms with Crippen LogP contribution in [0.2, 0.25) is 0 Å². The molecule has 268 valence electrons. The molecule has 0 aromatic heterocycles. The SMILES string of the molecule is CC(C)C[C@H](NC(=O)c1ccc2cc(OP(=O)(O)O)ccc2c1)C(=O)N1CCC[C@H]1C(=O)N[C@@H](CCC(N)=O)C(=O)N[C@H](C(N)=O)[C@@H](C)O. The average molecular weight is 707 g/mol. The summed E-state index contributed by atoms with van der Waals surface area (Å²) in [5.74, 6) is -4.52. The molecule has 0 aliphatic carbocycles. The monoisotopic (exact) mass is 706 g/mol. The van der Waals surface area contributed by atoms with Crippen LogP contribution < -0.4 is 31.9 Å². The van der Waals surface area contributed by atoms with Crippen LogP contribution in [0.25, 0.3) is 10.8 Å². The Labute approximate surface area is 282 Å². The summed E-state index contributed by atoms with van der Waals surface area (Å²) in [7, 11) is -4.76. The van der Waals surface area contributed by atoms with Gasteiger partial charge in [0.2, 0.25) is 29.5 Å². The van der Waals surface area contributed by atoms with Gasteiger partial charge in [-0.25, -0.2) is 4.57 Å². The highest BCUT2D eigenvalue weighted by molar-refractivity contribution is 7.46. The quantitative estimate of drug-likeness (QED) is 0.103. The van der Waals surface area contributed by atoms with Crippen molar-refractivity contribution in [3.8, 4) is 5.75 Å². The lowest BCUT2D eigenvalue weighted by Crippen LogP contribution is -2.59.